The fourth-order valence-electron chi connectivity index (χ4n) is 0.552. The van der Waals surface area contributed by atoms with Gasteiger partial charge in [-0.3, -0.25) is 0 Å². The Balaban J connectivity index is 3.22. The van der Waals surface area contributed by atoms with Crippen LogP contribution in [0.4, 0.5) is 11.6 Å². The molecule has 0 saturated heterocycles. The average molecular weight is 237 g/mol. The van der Waals surface area contributed by atoms with Crippen molar-refractivity contribution in [2.45, 2.75) is 0 Å². The normalized spacial score (nSPS) is 9.75. The van der Waals surface area contributed by atoms with Crippen LogP contribution in [0.15, 0.2) is 4.47 Å². The van der Waals surface area contributed by atoms with Crippen LogP contribution >= 0.6 is 15.9 Å². The molecule has 0 amide bonds. The lowest BCUT2D eigenvalue weighted by Crippen LogP contribution is -1.89. The SMILES string of the molecule is O=[N+]([O-])c1n[nH]c([N+](=O)[O-])c1Br. The van der Waals surface area contributed by atoms with Crippen molar-refractivity contribution in [2.24, 2.45) is 0 Å². The van der Waals surface area contributed by atoms with E-state index in [0.717, 1.165) is 0 Å². The minimum Gasteiger partial charge on any atom is -0.358 e. The van der Waals surface area contributed by atoms with Crippen LogP contribution < -0.4 is 0 Å². The van der Waals surface area contributed by atoms with E-state index in [4.69, 9.17) is 0 Å². The van der Waals surface area contributed by atoms with Gasteiger partial charge in [0.15, 0.2) is 0 Å². The molecule has 1 aromatic rings. The Morgan fingerprint density at radius 3 is 2.17 bits per heavy atom. The number of rotatable bonds is 2. The summed E-state index contributed by atoms with van der Waals surface area (Å²) in [5.74, 6) is -1.12. The van der Waals surface area contributed by atoms with Crippen LogP contribution in [0.3, 0.4) is 0 Å². The van der Waals surface area contributed by atoms with Crippen LogP contribution in [0.1, 0.15) is 0 Å². The second-order valence-electron chi connectivity index (χ2n) is 1.72. The summed E-state index contributed by atoms with van der Waals surface area (Å²) in [6.45, 7) is 0. The molecule has 8 nitrogen and oxygen atoms in total. The lowest BCUT2D eigenvalue weighted by molar-refractivity contribution is -0.395. The number of hydrogen-bond donors (Lipinski definition) is 1. The maximum atomic E-state index is 10.1. The number of nitrogens with zero attached hydrogens (tertiary/aromatic N) is 3. The molecule has 0 fully saturated rings. The first-order valence-electron chi connectivity index (χ1n) is 2.56. The Kier molecular flexibility index (Phi) is 2.04. The smallest absolute Gasteiger partial charge is 0.358 e. The quantitative estimate of drug-likeness (QED) is 0.608. The molecule has 0 aliphatic carbocycles. The third-order valence-corrected chi connectivity index (χ3v) is 1.76. The van der Waals surface area contributed by atoms with Gasteiger partial charge in [-0.25, -0.2) is 0 Å². The van der Waals surface area contributed by atoms with E-state index in [2.05, 4.69) is 21.0 Å². The molecule has 0 radical (unpaired) electrons. The van der Waals surface area contributed by atoms with Crippen molar-refractivity contribution in [1.82, 2.24) is 10.2 Å². The highest BCUT2D eigenvalue weighted by atomic mass is 79.9. The van der Waals surface area contributed by atoms with E-state index in [1.54, 1.807) is 0 Å². The first kappa shape index (κ1) is 8.59. The Labute approximate surface area is 73.0 Å². The maximum absolute atomic E-state index is 10.1. The molecule has 0 spiro atoms. The Bertz CT molecular complexity index is 315. The number of nitrogens with one attached hydrogen (secondary N) is 1. The van der Waals surface area contributed by atoms with Crippen LogP contribution in [-0.4, -0.2) is 20.0 Å². The summed E-state index contributed by atoms with van der Waals surface area (Å²) < 4.78 is -0.252. The Morgan fingerprint density at radius 1 is 1.33 bits per heavy atom. The summed E-state index contributed by atoms with van der Waals surface area (Å²) in [6.07, 6.45) is 0. The highest BCUT2D eigenvalue weighted by molar-refractivity contribution is 9.10. The molecule has 0 aliphatic heterocycles. The zero-order valence-corrected chi connectivity index (χ0v) is 6.94. The van der Waals surface area contributed by atoms with Gasteiger partial charge in [0.1, 0.15) is 5.10 Å². The zero-order chi connectivity index (χ0) is 9.30. The van der Waals surface area contributed by atoms with Crippen LogP contribution in [-0.2, 0) is 0 Å². The first-order chi connectivity index (χ1) is 5.54. The number of aromatic nitrogens is 2. The van der Waals surface area contributed by atoms with Crippen LogP contribution in [0.5, 0.6) is 0 Å². The van der Waals surface area contributed by atoms with Crippen molar-refractivity contribution in [2.75, 3.05) is 0 Å². The number of aromatic amines is 1. The molecule has 1 heterocycles. The summed E-state index contributed by atoms with van der Waals surface area (Å²) in [4.78, 5) is 18.6. The van der Waals surface area contributed by atoms with Crippen molar-refractivity contribution >= 4 is 27.6 Å². The molecule has 1 rings (SSSR count). The van der Waals surface area contributed by atoms with Crippen LogP contribution in [0.2, 0.25) is 0 Å². The number of hydrogen-bond acceptors (Lipinski definition) is 5. The fourth-order valence-corrected chi connectivity index (χ4v) is 1.02. The van der Waals surface area contributed by atoms with Crippen molar-refractivity contribution in [1.29, 1.82) is 0 Å². The fraction of sp³-hybridized carbons (Fsp3) is 0. The summed E-state index contributed by atoms with van der Waals surface area (Å²) in [5, 5.41) is 25.3. The number of nitro groups is 2. The zero-order valence-electron chi connectivity index (χ0n) is 5.35. The van der Waals surface area contributed by atoms with Gasteiger partial charge in [-0.2, -0.15) is 0 Å². The lowest BCUT2D eigenvalue weighted by atomic mass is 10.6. The van der Waals surface area contributed by atoms with E-state index in [-0.39, 0.29) is 4.47 Å². The van der Waals surface area contributed by atoms with Gasteiger partial charge < -0.3 is 20.2 Å². The molecule has 0 aromatic carbocycles. The lowest BCUT2D eigenvalue weighted by Gasteiger charge is -1.87. The van der Waals surface area contributed by atoms with Gasteiger partial charge in [-0.15, -0.1) is 0 Å². The van der Waals surface area contributed by atoms with Crippen LogP contribution in [0.25, 0.3) is 0 Å². The molecular formula is C3HBrN4O4. The minimum absolute atomic E-state index is 0.252. The Morgan fingerprint density at radius 2 is 1.92 bits per heavy atom. The maximum Gasteiger partial charge on any atom is 0.434 e. The van der Waals surface area contributed by atoms with E-state index < -0.39 is 21.5 Å². The largest absolute Gasteiger partial charge is 0.434 e. The highest BCUT2D eigenvalue weighted by Crippen LogP contribution is 2.30. The standard InChI is InChI=1S/C3HBrN4O4/c4-1-2(7(9)10)5-6-3(1)8(11)12/h(H,5,6). The predicted molar refractivity (Wildman–Crippen MR) is 39.6 cm³/mol. The van der Waals surface area contributed by atoms with Gasteiger partial charge in [0.2, 0.25) is 4.47 Å². The first-order valence-corrected chi connectivity index (χ1v) is 3.36. The summed E-state index contributed by atoms with van der Waals surface area (Å²) in [7, 11) is 0. The van der Waals surface area contributed by atoms with Crippen molar-refractivity contribution < 1.29 is 9.85 Å². The third kappa shape index (κ3) is 1.25. The second-order valence-corrected chi connectivity index (χ2v) is 2.52. The van der Waals surface area contributed by atoms with Gasteiger partial charge in [0.05, 0.1) is 0 Å². The van der Waals surface area contributed by atoms with E-state index >= 15 is 0 Å². The number of halogens is 1. The molecule has 0 bridgehead atoms. The van der Waals surface area contributed by atoms with Gasteiger partial charge in [-0.05, 0) is 30.9 Å². The topological polar surface area (TPSA) is 115 Å². The summed E-state index contributed by atoms with van der Waals surface area (Å²) >= 11 is 2.68. The Hall–Kier alpha value is -1.51. The van der Waals surface area contributed by atoms with Gasteiger partial charge >= 0.3 is 11.6 Å². The highest BCUT2D eigenvalue weighted by Gasteiger charge is 2.28. The molecule has 0 atom stereocenters. The molecule has 64 valence electrons. The van der Waals surface area contributed by atoms with E-state index in [1.165, 1.54) is 0 Å². The summed E-state index contributed by atoms with van der Waals surface area (Å²) in [6, 6.07) is 0. The predicted octanol–water partition coefficient (Wildman–Crippen LogP) is 0.989. The minimum atomic E-state index is -0.826. The molecule has 1 aromatic heterocycles. The molecule has 1 N–H and O–H groups in total. The molecular weight excluding hydrogens is 236 g/mol. The van der Waals surface area contributed by atoms with Crippen LogP contribution in [0, 0.1) is 20.2 Å². The number of H-pyrrole nitrogens is 1. The van der Waals surface area contributed by atoms with Crippen molar-refractivity contribution in [3.63, 3.8) is 0 Å². The van der Waals surface area contributed by atoms with Gasteiger partial charge in [0, 0.05) is 0 Å². The van der Waals surface area contributed by atoms with Gasteiger partial charge in [0.25, 0.3) is 0 Å². The van der Waals surface area contributed by atoms with Gasteiger partial charge in [-0.1, -0.05) is 0 Å². The van der Waals surface area contributed by atoms with Crippen molar-refractivity contribution in [3.8, 4) is 0 Å². The van der Waals surface area contributed by atoms with E-state index in [1.807, 2.05) is 5.10 Å². The molecule has 9 heteroatoms. The second kappa shape index (κ2) is 2.85. The summed E-state index contributed by atoms with van der Waals surface area (Å²) in [5.41, 5.74) is 0. The van der Waals surface area contributed by atoms with E-state index in [0.29, 0.717) is 0 Å². The average Bonchev–Trinajstić information content (AvgIpc) is 2.30. The molecule has 0 saturated carbocycles. The van der Waals surface area contributed by atoms with Crippen molar-refractivity contribution in [3.05, 3.63) is 24.7 Å². The third-order valence-electron chi connectivity index (χ3n) is 1.03. The molecule has 0 unspecified atom stereocenters. The molecule has 12 heavy (non-hydrogen) atoms. The monoisotopic (exact) mass is 236 g/mol. The molecule has 0 aliphatic rings. The van der Waals surface area contributed by atoms with E-state index in [9.17, 15) is 20.2 Å².